The van der Waals surface area contributed by atoms with Gasteiger partial charge in [0.05, 0.1) is 21.6 Å². The van der Waals surface area contributed by atoms with E-state index in [4.69, 9.17) is 35.9 Å². The van der Waals surface area contributed by atoms with Crippen LogP contribution in [0.25, 0.3) is 5.65 Å². The second-order valence-electron chi connectivity index (χ2n) is 19.0. The average molecular weight is 870 g/mol. The number of anilines is 3. The van der Waals surface area contributed by atoms with E-state index in [-0.39, 0.29) is 28.1 Å². The van der Waals surface area contributed by atoms with Crippen molar-refractivity contribution in [3.05, 3.63) is 65.1 Å². The van der Waals surface area contributed by atoms with Crippen LogP contribution in [0.1, 0.15) is 113 Å². The molecule has 1 aliphatic heterocycles. The maximum atomic E-state index is 13.5. The van der Waals surface area contributed by atoms with Crippen molar-refractivity contribution >= 4 is 70.1 Å². The Morgan fingerprint density at radius 1 is 0.932 bits per heavy atom. The highest BCUT2D eigenvalue weighted by Crippen LogP contribution is 2.53. The third-order valence-corrected chi connectivity index (χ3v) is 12.8. The largest absolute Gasteiger partial charge is 0.598 e. The predicted molar refractivity (Wildman–Crippen MR) is 234 cm³/mol. The number of hydrogen-bond acceptors (Lipinski definition) is 12. The SMILES string of the molecule is CC(C)(C)OC(=O)Nc1nc(N2CCC3(CC2)Cc2ccccc2[C@H]3N[S+]([O-])C(C)(C)C)n2ccnc2c1Sc1ccnc(N(OC(C)(C)C)C(=O)OC(C)(C)C)c1Cl. The molecule has 1 fully saturated rings. The maximum absolute atomic E-state index is 13.5. The van der Waals surface area contributed by atoms with Gasteiger partial charge < -0.3 is 18.9 Å². The minimum absolute atomic E-state index is 0.0295. The number of piperidine rings is 1. The van der Waals surface area contributed by atoms with E-state index in [0.717, 1.165) is 24.3 Å². The molecule has 3 aromatic heterocycles. The van der Waals surface area contributed by atoms with Crippen LogP contribution in [0.5, 0.6) is 0 Å². The monoisotopic (exact) mass is 868 g/mol. The fourth-order valence-electron chi connectivity index (χ4n) is 7.11. The average Bonchev–Trinajstić information content (AvgIpc) is 3.70. The molecule has 1 aliphatic carbocycles. The molecule has 2 aliphatic rings. The molecule has 6 rings (SSSR count). The third-order valence-electron chi connectivity index (χ3n) is 9.61. The van der Waals surface area contributed by atoms with E-state index in [1.165, 1.54) is 29.1 Å². The van der Waals surface area contributed by atoms with Crippen LogP contribution >= 0.6 is 23.4 Å². The number of nitrogens with zero attached hydrogens (tertiary/aromatic N) is 6. The van der Waals surface area contributed by atoms with Crippen LogP contribution in [0.2, 0.25) is 5.02 Å². The lowest BCUT2D eigenvalue weighted by Gasteiger charge is -2.44. The fraction of sp³-hybridized carbons (Fsp3) is 0.548. The minimum Gasteiger partial charge on any atom is -0.598 e. The molecule has 2 atom stereocenters. The van der Waals surface area contributed by atoms with Gasteiger partial charge in [-0.1, -0.05) is 47.6 Å². The molecule has 320 valence electrons. The number of amides is 2. The van der Waals surface area contributed by atoms with Gasteiger partial charge in [0.25, 0.3) is 0 Å². The summed E-state index contributed by atoms with van der Waals surface area (Å²) in [7, 11) is 0. The number of aromatic nitrogens is 4. The van der Waals surface area contributed by atoms with Crippen LogP contribution in [-0.2, 0) is 32.1 Å². The summed E-state index contributed by atoms with van der Waals surface area (Å²) in [6, 6.07) is 10.1. The molecule has 14 nitrogen and oxygen atoms in total. The quantitative estimate of drug-likeness (QED) is 0.128. The zero-order valence-corrected chi connectivity index (χ0v) is 38.4. The molecule has 0 bridgehead atoms. The van der Waals surface area contributed by atoms with Gasteiger partial charge >= 0.3 is 12.2 Å². The van der Waals surface area contributed by atoms with Crippen molar-refractivity contribution in [3.63, 3.8) is 0 Å². The Hall–Kier alpha value is -3.80. The topological polar surface area (TPSA) is 159 Å². The summed E-state index contributed by atoms with van der Waals surface area (Å²) in [5.74, 6) is 0.843. The van der Waals surface area contributed by atoms with Gasteiger partial charge in [0, 0.05) is 53.4 Å². The summed E-state index contributed by atoms with van der Waals surface area (Å²) in [5.41, 5.74) is 0.444. The Labute approximate surface area is 359 Å². The molecule has 0 saturated carbocycles. The lowest BCUT2D eigenvalue weighted by Crippen LogP contribution is -2.50. The number of hydrogen-bond donors (Lipinski definition) is 2. The van der Waals surface area contributed by atoms with E-state index in [0.29, 0.717) is 34.5 Å². The van der Waals surface area contributed by atoms with Gasteiger partial charge in [-0.3, -0.25) is 14.6 Å². The number of carbonyl (C=O) groups excluding carboxylic acids is 2. The number of nitrogens with one attached hydrogen (secondary N) is 2. The number of fused-ring (bicyclic) bond motifs is 2. The smallest absolute Gasteiger partial charge is 0.440 e. The van der Waals surface area contributed by atoms with Crippen LogP contribution in [0, 0.1) is 5.41 Å². The summed E-state index contributed by atoms with van der Waals surface area (Å²) >= 11 is 7.02. The number of benzene rings is 1. The second-order valence-corrected chi connectivity index (χ2v) is 22.4. The Morgan fingerprint density at radius 2 is 1.59 bits per heavy atom. The Morgan fingerprint density at radius 3 is 2.22 bits per heavy atom. The zero-order valence-electron chi connectivity index (χ0n) is 36.1. The summed E-state index contributed by atoms with van der Waals surface area (Å²) in [5, 5.41) is 3.98. The van der Waals surface area contributed by atoms with Gasteiger partial charge in [-0.05, 0) is 120 Å². The summed E-state index contributed by atoms with van der Waals surface area (Å²) in [6.45, 7) is 23.3. The highest BCUT2D eigenvalue weighted by Gasteiger charge is 2.50. The minimum atomic E-state index is -1.26. The molecule has 4 heterocycles. The number of hydroxylamine groups is 1. The van der Waals surface area contributed by atoms with Gasteiger partial charge in [0.15, 0.2) is 17.3 Å². The number of carbonyl (C=O) groups is 2. The van der Waals surface area contributed by atoms with Gasteiger partial charge in [-0.25, -0.2) is 19.6 Å². The van der Waals surface area contributed by atoms with Gasteiger partial charge in [-0.15, -0.1) is 9.79 Å². The maximum Gasteiger partial charge on any atom is 0.440 e. The first-order valence-electron chi connectivity index (χ1n) is 19.8. The number of halogens is 1. The first kappa shape index (κ1) is 44.7. The van der Waals surface area contributed by atoms with E-state index < -0.39 is 45.1 Å². The highest BCUT2D eigenvalue weighted by molar-refractivity contribution is 7.99. The van der Waals surface area contributed by atoms with Crippen molar-refractivity contribution in [2.45, 2.75) is 140 Å². The zero-order chi connectivity index (χ0) is 43.3. The fourth-order valence-corrected chi connectivity index (χ4v) is 9.33. The Balaban J connectivity index is 1.37. The molecule has 2 amide bonds. The molecular formula is C42H57ClN8O6S2. The van der Waals surface area contributed by atoms with Crippen LogP contribution in [0.3, 0.4) is 0 Å². The van der Waals surface area contributed by atoms with Gasteiger partial charge in [0.2, 0.25) is 5.95 Å². The molecule has 0 radical (unpaired) electrons. The number of pyridine rings is 1. The molecule has 17 heteroatoms. The summed E-state index contributed by atoms with van der Waals surface area (Å²) in [4.78, 5) is 50.4. The first-order valence-corrected chi connectivity index (χ1v) is 22.1. The van der Waals surface area contributed by atoms with Gasteiger partial charge in [-0.2, -0.15) is 4.98 Å². The Kier molecular flexibility index (Phi) is 12.6. The van der Waals surface area contributed by atoms with Crippen molar-refractivity contribution < 1.29 is 28.5 Å². The number of ether oxygens (including phenoxy) is 2. The van der Waals surface area contributed by atoms with E-state index in [9.17, 15) is 14.1 Å². The van der Waals surface area contributed by atoms with Gasteiger partial charge in [0.1, 0.15) is 15.9 Å². The molecule has 2 N–H and O–H groups in total. The van der Waals surface area contributed by atoms with Crippen LogP contribution in [-0.4, -0.2) is 70.7 Å². The molecule has 4 aromatic rings. The normalized spacial score (nSPS) is 17.5. The predicted octanol–water partition coefficient (Wildman–Crippen LogP) is 9.68. The highest BCUT2D eigenvalue weighted by atomic mass is 35.5. The first-order chi connectivity index (χ1) is 27.3. The van der Waals surface area contributed by atoms with Crippen molar-refractivity contribution in [3.8, 4) is 0 Å². The number of rotatable bonds is 8. The van der Waals surface area contributed by atoms with Crippen molar-refractivity contribution in [2.24, 2.45) is 5.41 Å². The van der Waals surface area contributed by atoms with Crippen molar-refractivity contribution in [1.29, 1.82) is 0 Å². The van der Waals surface area contributed by atoms with Crippen molar-refractivity contribution in [2.75, 3.05) is 28.4 Å². The van der Waals surface area contributed by atoms with Crippen LogP contribution in [0.15, 0.2) is 58.7 Å². The summed E-state index contributed by atoms with van der Waals surface area (Å²) < 4.78 is 29.9. The van der Waals surface area contributed by atoms with E-state index >= 15 is 0 Å². The lowest BCUT2D eigenvalue weighted by molar-refractivity contribution is -0.0364. The third kappa shape index (κ3) is 10.4. The molecular weight excluding hydrogens is 812 g/mol. The van der Waals surface area contributed by atoms with E-state index in [1.807, 2.05) is 31.4 Å². The second kappa shape index (κ2) is 16.6. The molecule has 1 spiro atoms. The van der Waals surface area contributed by atoms with Crippen molar-refractivity contribution in [1.82, 2.24) is 24.1 Å². The number of imidazole rings is 1. The Bertz CT molecular complexity index is 2180. The van der Waals surface area contributed by atoms with Crippen LogP contribution in [0.4, 0.5) is 27.2 Å². The van der Waals surface area contributed by atoms with Crippen LogP contribution < -0.4 is 20.0 Å². The molecule has 1 saturated heterocycles. The van der Waals surface area contributed by atoms with E-state index in [1.54, 1.807) is 74.6 Å². The van der Waals surface area contributed by atoms with E-state index in [2.05, 4.69) is 44.2 Å². The standard InChI is InChI=1S/C42H57ClN8O6S2/c1-38(2,3)55-36(52)47-32-30(58-28-17-20-44-33(29(28)43)51(57-40(7,8)9)37(53)56-39(4,5)6)34-45-21-24-50(34)35(46-32)49-22-18-42(19-23-49)25-26-15-13-14-16-27(26)31(42)48-59(54)41(10,11)12/h13-17,20-21,24,31,48H,18-19,22-23,25H2,1-12H3,(H,47,52)/t31-,59?/m1/s1. The lowest BCUT2D eigenvalue weighted by atomic mass is 9.73. The molecule has 59 heavy (non-hydrogen) atoms. The summed E-state index contributed by atoms with van der Waals surface area (Å²) in [6.07, 6.45) is 6.07. The molecule has 1 unspecified atom stereocenters. The molecule has 1 aromatic carbocycles.